The Morgan fingerprint density at radius 3 is 3.00 bits per heavy atom. The Hall–Kier alpha value is -1.64. The van der Waals surface area contributed by atoms with Crippen molar-refractivity contribution in [3.8, 4) is 6.07 Å². The van der Waals surface area contributed by atoms with Crippen molar-refractivity contribution in [3.05, 3.63) is 29.6 Å². The average Bonchev–Trinajstić information content (AvgIpc) is 2.42. The third kappa shape index (κ3) is 5.69. The smallest absolute Gasteiger partial charge is 0.124 e. The molecule has 0 aliphatic rings. The van der Waals surface area contributed by atoms with Gasteiger partial charge in [-0.2, -0.15) is 5.26 Å². The van der Waals surface area contributed by atoms with Crippen LogP contribution in [-0.2, 0) is 4.74 Å². The van der Waals surface area contributed by atoms with Gasteiger partial charge in [0.2, 0.25) is 0 Å². The summed E-state index contributed by atoms with van der Waals surface area (Å²) in [7, 11) is 0. The Morgan fingerprint density at radius 2 is 2.32 bits per heavy atom. The zero-order valence-electron chi connectivity index (χ0n) is 11.0. The van der Waals surface area contributed by atoms with Gasteiger partial charge >= 0.3 is 0 Å². The molecular weight excluding hydrogens is 247 g/mol. The summed E-state index contributed by atoms with van der Waals surface area (Å²) in [6, 6.07) is 5.82. The van der Waals surface area contributed by atoms with Crippen LogP contribution in [0.25, 0.3) is 0 Å². The van der Waals surface area contributed by atoms with Crippen molar-refractivity contribution in [2.24, 2.45) is 0 Å². The van der Waals surface area contributed by atoms with Gasteiger partial charge in [0.1, 0.15) is 11.9 Å². The molecule has 1 rings (SSSR count). The standard InChI is InChI=1S/C14H19FN2O2/c1-2-3-6-19-10-13(18)9-17-14-5-4-12(15)7-11(14)8-16/h4-5,7,13,17-18H,2-3,6,9-10H2,1H3. The monoisotopic (exact) mass is 266 g/mol. The van der Waals surface area contributed by atoms with Crippen molar-refractivity contribution < 1.29 is 14.2 Å². The van der Waals surface area contributed by atoms with E-state index in [4.69, 9.17) is 10.00 Å². The van der Waals surface area contributed by atoms with Gasteiger partial charge in [-0.05, 0) is 24.6 Å². The molecule has 1 aromatic rings. The van der Waals surface area contributed by atoms with Gasteiger partial charge in [-0.1, -0.05) is 13.3 Å². The van der Waals surface area contributed by atoms with Gasteiger partial charge < -0.3 is 15.2 Å². The third-order valence-corrected chi connectivity index (χ3v) is 2.58. The molecule has 0 aliphatic heterocycles. The van der Waals surface area contributed by atoms with E-state index >= 15 is 0 Å². The molecule has 0 saturated carbocycles. The normalized spacial score (nSPS) is 11.9. The number of halogens is 1. The second-order valence-electron chi connectivity index (χ2n) is 4.26. The highest BCUT2D eigenvalue weighted by atomic mass is 19.1. The fraction of sp³-hybridized carbons (Fsp3) is 0.500. The first-order chi connectivity index (χ1) is 9.17. The highest BCUT2D eigenvalue weighted by Crippen LogP contribution is 2.15. The number of nitriles is 1. The van der Waals surface area contributed by atoms with E-state index in [-0.39, 0.29) is 18.7 Å². The molecule has 0 aliphatic carbocycles. The number of nitrogens with one attached hydrogen (secondary N) is 1. The summed E-state index contributed by atoms with van der Waals surface area (Å²) < 4.78 is 18.2. The predicted octanol–water partition coefficient (Wildman–Crippen LogP) is 2.29. The van der Waals surface area contributed by atoms with Crippen LogP contribution in [0.1, 0.15) is 25.3 Å². The number of aliphatic hydroxyl groups excluding tert-OH is 1. The number of anilines is 1. The van der Waals surface area contributed by atoms with Crippen LogP contribution in [0.5, 0.6) is 0 Å². The van der Waals surface area contributed by atoms with E-state index in [1.54, 1.807) is 0 Å². The fourth-order valence-electron chi connectivity index (χ4n) is 1.52. The van der Waals surface area contributed by atoms with Crippen LogP contribution in [-0.4, -0.2) is 31.0 Å². The zero-order valence-corrected chi connectivity index (χ0v) is 11.0. The molecule has 0 radical (unpaired) electrons. The maximum Gasteiger partial charge on any atom is 0.124 e. The molecule has 2 N–H and O–H groups in total. The first kappa shape index (κ1) is 15.4. The second kappa shape index (κ2) is 8.46. The topological polar surface area (TPSA) is 65.3 Å². The molecule has 1 aromatic carbocycles. The Morgan fingerprint density at radius 1 is 1.53 bits per heavy atom. The maximum absolute atomic E-state index is 12.9. The largest absolute Gasteiger partial charge is 0.389 e. The Balaban J connectivity index is 2.38. The van der Waals surface area contributed by atoms with Crippen LogP contribution in [0.2, 0.25) is 0 Å². The van der Waals surface area contributed by atoms with Gasteiger partial charge in [-0.25, -0.2) is 4.39 Å². The fourth-order valence-corrected chi connectivity index (χ4v) is 1.52. The van der Waals surface area contributed by atoms with Crippen LogP contribution < -0.4 is 5.32 Å². The van der Waals surface area contributed by atoms with Gasteiger partial charge in [0.25, 0.3) is 0 Å². The van der Waals surface area contributed by atoms with Gasteiger partial charge in [0.15, 0.2) is 0 Å². The second-order valence-corrected chi connectivity index (χ2v) is 4.26. The molecule has 0 amide bonds. The van der Waals surface area contributed by atoms with Gasteiger partial charge in [-0.15, -0.1) is 0 Å². The number of hydrogen-bond acceptors (Lipinski definition) is 4. The van der Waals surface area contributed by atoms with Crippen LogP contribution in [0, 0.1) is 17.1 Å². The zero-order chi connectivity index (χ0) is 14.1. The molecule has 4 nitrogen and oxygen atoms in total. The summed E-state index contributed by atoms with van der Waals surface area (Å²) in [6.07, 6.45) is 1.36. The van der Waals surface area contributed by atoms with Crippen molar-refractivity contribution in [2.45, 2.75) is 25.9 Å². The van der Waals surface area contributed by atoms with E-state index in [1.807, 2.05) is 6.07 Å². The molecule has 5 heteroatoms. The van der Waals surface area contributed by atoms with Crippen molar-refractivity contribution >= 4 is 5.69 Å². The van der Waals surface area contributed by atoms with Gasteiger partial charge in [0, 0.05) is 13.2 Å². The molecule has 1 unspecified atom stereocenters. The molecule has 104 valence electrons. The molecular formula is C14H19FN2O2. The summed E-state index contributed by atoms with van der Waals surface area (Å²) in [6.45, 7) is 3.20. The number of unbranched alkanes of at least 4 members (excludes halogenated alkanes) is 1. The van der Waals surface area contributed by atoms with Crippen molar-refractivity contribution in [2.75, 3.05) is 25.1 Å². The minimum atomic E-state index is -0.659. The van der Waals surface area contributed by atoms with E-state index in [0.29, 0.717) is 12.3 Å². The van der Waals surface area contributed by atoms with E-state index in [2.05, 4.69) is 12.2 Å². The predicted molar refractivity (Wildman–Crippen MR) is 71.3 cm³/mol. The molecule has 1 atom stereocenters. The van der Waals surface area contributed by atoms with Crippen LogP contribution in [0.3, 0.4) is 0 Å². The quantitative estimate of drug-likeness (QED) is 0.708. The summed E-state index contributed by atoms with van der Waals surface area (Å²) in [4.78, 5) is 0. The van der Waals surface area contributed by atoms with Crippen molar-refractivity contribution in [1.82, 2.24) is 0 Å². The Labute approximate surface area is 112 Å². The SMILES string of the molecule is CCCCOCC(O)CNc1ccc(F)cc1C#N. The van der Waals surface area contributed by atoms with E-state index in [0.717, 1.165) is 18.9 Å². The molecule has 0 heterocycles. The molecule has 0 aromatic heterocycles. The van der Waals surface area contributed by atoms with Gasteiger partial charge in [-0.3, -0.25) is 0 Å². The lowest BCUT2D eigenvalue weighted by Crippen LogP contribution is -2.25. The minimum absolute atomic E-state index is 0.221. The highest BCUT2D eigenvalue weighted by Gasteiger charge is 2.07. The highest BCUT2D eigenvalue weighted by molar-refractivity contribution is 5.57. The molecule has 0 fully saturated rings. The maximum atomic E-state index is 12.9. The first-order valence-corrected chi connectivity index (χ1v) is 6.36. The van der Waals surface area contributed by atoms with Crippen LogP contribution in [0.15, 0.2) is 18.2 Å². The number of benzene rings is 1. The third-order valence-electron chi connectivity index (χ3n) is 2.58. The molecule has 19 heavy (non-hydrogen) atoms. The Bertz CT molecular complexity index is 432. The summed E-state index contributed by atoms with van der Waals surface area (Å²) >= 11 is 0. The number of ether oxygens (including phenoxy) is 1. The van der Waals surface area contributed by atoms with Crippen molar-refractivity contribution in [1.29, 1.82) is 5.26 Å². The molecule has 0 saturated heterocycles. The number of rotatable bonds is 8. The first-order valence-electron chi connectivity index (χ1n) is 6.36. The molecule has 0 spiro atoms. The Kier molecular flexibility index (Phi) is 6.86. The van der Waals surface area contributed by atoms with Crippen molar-refractivity contribution in [3.63, 3.8) is 0 Å². The average molecular weight is 266 g/mol. The number of aliphatic hydroxyl groups is 1. The van der Waals surface area contributed by atoms with E-state index < -0.39 is 11.9 Å². The van der Waals surface area contributed by atoms with Crippen LogP contribution >= 0.6 is 0 Å². The number of nitrogens with zero attached hydrogens (tertiary/aromatic N) is 1. The lowest BCUT2D eigenvalue weighted by molar-refractivity contribution is 0.0422. The summed E-state index contributed by atoms with van der Waals surface area (Å²) in [5.74, 6) is -0.453. The number of hydrogen-bond donors (Lipinski definition) is 2. The lowest BCUT2D eigenvalue weighted by Gasteiger charge is -2.14. The van der Waals surface area contributed by atoms with Crippen LogP contribution in [0.4, 0.5) is 10.1 Å². The van der Waals surface area contributed by atoms with E-state index in [1.165, 1.54) is 12.1 Å². The van der Waals surface area contributed by atoms with E-state index in [9.17, 15) is 9.50 Å². The summed E-state index contributed by atoms with van der Waals surface area (Å²) in [5, 5.41) is 21.5. The minimum Gasteiger partial charge on any atom is -0.389 e. The molecule has 0 bridgehead atoms. The lowest BCUT2D eigenvalue weighted by atomic mass is 10.2. The van der Waals surface area contributed by atoms with Gasteiger partial charge in [0.05, 0.1) is 24.0 Å². The summed E-state index contributed by atoms with van der Waals surface area (Å²) in [5.41, 5.74) is 0.732.